The topological polar surface area (TPSA) is 135 Å². The highest BCUT2D eigenvalue weighted by Gasteiger charge is 2.51. The van der Waals surface area contributed by atoms with Crippen LogP contribution in [0.25, 0.3) is 0 Å². The van der Waals surface area contributed by atoms with Gasteiger partial charge < -0.3 is 20.7 Å². The zero-order valence-corrected chi connectivity index (χ0v) is 24.9. The number of carbonyl (C=O) groups is 3. The molecule has 1 spiro atoms. The number of nitrogens with zero attached hydrogens (tertiary/aromatic N) is 3. The number of amides is 2. The van der Waals surface area contributed by atoms with E-state index in [0.717, 1.165) is 36.8 Å². The van der Waals surface area contributed by atoms with E-state index in [4.69, 9.17) is 15.5 Å². The first kappa shape index (κ1) is 30.8. The van der Waals surface area contributed by atoms with E-state index in [1.807, 2.05) is 48.2 Å². The number of nitrogens with one attached hydrogen (secondary N) is 2. The van der Waals surface area contributed by atoms with E-state index in [9.17, 15) is 14.4 Å². The van der Waals surface area contributed by atoms with Crippen LogP contribution in [0.3, 0.4) is 0 Å². The Kier molecular flexibility index (Phi) is 9.39. The zero-order chi connectivity index (χ0) is 30.5. The summed E-state index contributed by atoms with van der Waals surface area (Å²) in [4.78, 5) is 49.0. The third-order valence-corrected chi connectivity index (χ3v) is 8.45. The number of hydrogen-bond acceptors (Lipinski definition) is 6. The van der Waals surface area contributed by atoms with E-state index in [1.165, 1.54) is 6.21 Å². The molecule has 2 aromatic carbocycles. The third kappa shape index (κ3) is 6.83. The van der Waals surface area contributed by atoms with Gasteiger partial charge in [-0.05, 0) is 73.8 Å². The molecule has 0 unspecified atom stereocenters. The summed E-state index contributed by atoms with van der Waals surface area (Å²) in [5, 5.41) is 18.7. The monoisotopic (exact) mass is 571 g/mol. The molecule has 1 saturated carbocycles. The molecule has 0 bridgehead atoms. The molecule has 42 heavy (non-hydrogen) atoms. The molecular formula is C33H41N5O4. The number of carbonyl (C=O) groups excluding carboxylic acids is 2. The van der Waals surface area contributed by atoms with Crippen molar-refractivity contribution in [3.05, 3.63) is 65.2 Å². The lowest BCUT2D eigenvalue weighted by molar-refractivity contribution is -0.137. The number of benzene rings is 2. The summed E-state index contributed by atoms with van der Waals surface area (Å²) in [7, 11) is 0. The van der Waals surface area contributed by atoms with Crippen LogP contribution >= 0.6 is 0 Å². The summed E-state index contributed by atoms with van der Waals surface area (Å²) >= 11 is 0. The summed E-state index contributed by atoms with van der Waals surface area (Å²) in [6.45, 7) is 8.88. The molecule has 1 fully saturated rings. The van der Waals surface area contributed by atoms with Crippen LogP contribution in [0.1, 0.15) is 93.7 Å². The first-order valence-corrected chi connectivity index (χ1v) is 14.6. The lowest BCUT2D eigenvalue weighted by atomic mass is 9.69. The fourth-order valence-electron chi connectivity index (χ4n) is 6.03. The molecular weight excluding hydrogens is 530 g/mol. The molecule has 2 aliphatic rings. The van der Waals surface area contributed by atoms with Crippen LogP contribution in [0.4, 0.5) is 5.69 Å². The number of carboxylic acid groups (broad SMARTS) is 1. The van der Waals surface area contributed by atoms with Crippen molar-refractivity contribution in [1.82, 2.24) is 10.2 Å². The smallest absolute Gasteiger partial charge is 0.305 e. The van der Waals surface area contributed by atoms with Crippen LogP contribution in [0.15, 0.2) is 58.5 Å². The Labute approximate surface area is 247 Å². The Bertz CT molecular complexity index is 1380. The van der Waals surface area contributed by atoms with Crippen molar-refractivity contribution in [1.29, 1.82) is 5.41 Å². The van der Waals surface area contributed by atoms with Crippen LogP contribution in [-0.4, -0.2) is 58.1 Å². The molecule has 0 saturated heterocycles. The van der Waals surface area contributed by atoms with Gasteiger partial charge >= 0.3 is 5.97 Å². The van der Waals surface area contributed by atoms with E-state index in [-0.39, 0.29) is 36.2 Å². The standard InChI is InChI=1S/C33H41N5O4/c1-22(23-9-11-24(12-10-23)30(41)36-20-15-28(39)40)38-31(42)29(25-7-5-8-27(21-25)35-19-6-18-34)37-33(38)16-13-26(14-17-33)32(2,3)4/h5,7-12,18-19,21-22,26,34H,6,13-17,20H2,1-4H3,(H,36,41)(H,39,40)/t22-,26?,33?/m1/s1. The highest BCUT2D eigenvalue weighted by Crippen LogP contribution is 2.49. The summed E-state index contributed by atoms with van der Waals surface area (Å²) in [5.74, 6) is -0.879. The number of hydrogen-bond donors (Lipinski definition) is 3. The SMILES string of the molecule is C[C@H](c1ccc(C(=O)NCCC(=O)O)cc1)N1C(=O)C(c2cccc(N=CCC=N)c2)=NC12CCC(C(C)(C)C)CC2. The first-order valence-electron chi connectivity index (χ1n) is 14.6. The van der Waals surface area contributed by atoms with Gasteiger partial charge in [-0.3, -0.25) is 24.4 Å². The molecule has 0 radical (unpaired) electrons. The lowest BCUT2D eigenvalue weighted by Gasteiger charge is -2.46. The molecule has 3 N–H and O–H groups in total. The molecule has 2 amide bonds. The highest BCUT2D eigenvalue weighted by molar-refractivity contribution is 6.47. The molecule has 9 heteroatoms. The predicted molar refractivity (Wildman–Crippen MR) is 165 cm³/mol. The van der Waals surface area contributed by atoms with E-state index >= 15 is 0 Å². The van der Waals surface area contributed by atoms with Gasteiger partial charge in [0.2, 0.25) is 0 Å². The van der Waals surface area contributed by atoms with Gasteiger partial charge in [0.15, 0.2) is 0 Å². The van der Waals surface area contributed by atoms with Crippen molar-refractivity contribution >= 4 is 41.6 Å². The maximum absolute atomic E-state index is 14.2. The van der Waals surface area contributed by atoms with Crippen molar-refractivity contribution in [2.45, 2.75) is 77.9 Å². The van der Waals surface area contributed by atoms with Crippen LogP contribution in [0.5, 0.6) is 0 Å². The van der Waals surface area contributed by atoms with Gasteiger partial charge in [0.1, 0.15) is 11.4 Å². The minimum Gasteiger partial charge on any atom is -0.481 e. The van der Waals surface area contributed by atoms with Gasteiger partial charge in [-0.15, -0.1) is 0 Å². The minimum absolute atomic E-state index is 0.0575. The Hall–Kier alpha value is -4.14. The second-order valence-electron chi connectivity index (χ2n) is 12.3. The van der Waals surface area contributed by atoms with Crippen molar-refractivity contribution in [3.8, 4) is 0 Å². The third-order valence-electron chi connectivity index (χ3n) is 8.45. The maximum Gasteiger partial charge on any atom is 0.305 e. The zero-order valence-electron chi connectivity index (χ0n) is 24.9. The average Bonchev–Trinajstić information content (AvgIpc) is 3.23. The van der Waals surface area contributed by atoms with E-state index in [2.05, 4.69) is 31.1 Å². The fraction of sp³-hybridized carbons (Fsp3) is 0.455. The highest BCUT2D eigenvalue weighted by atomic mass is 16.4. The van der Waals surface area contributed by atoms with Gasteiger partial charge in [0.05, 0.1) is 18.2 Å². The molecule has 0 aromatic heterocycles. The Morgan fingerprint density at radius 2 is 1.88 bits per heavy atom. The van der Waals surface area contributed by atoms with Crippen LogP contribution in [0, 0.1) is 16.7 Å². The van der Waals surface area contributed by atoms with Crippen molar-refractivity contribution in [3.63, 3.8) is 0 Å². The van der Waals surface area contributed by atoms with E-state index in [0.29, 0.717) is 29.3 Å². The molecule has 1 heterocycles. The van der Waals surface area contributed by atoms with Crippen LogP contribution in [-0.2, 0) is 9.59 Å². The van der Waals surface area contributed by atoms with Crippen LogP contribution < -0.4 is 5.32 Å². The largest absolute Gasteiger partial charge is 0.481 e. The second kappa shape index (κ2) is 12.8. The molecule has 2 aromatic rings. The van der Waals surface area contributed by atoms with Crippen molar-refractivity contribution < 1.29 is 19.5 Å². The van der Waals surface area contributed by atoms with Crippen molar-refractivity contribution in [2.75, 3.05) is 6.54 Å². The summed E-state index contributed by atoms with van der Waals surface area (Å²) in [5.41, 5.74) is 2.72. The average molecular weight is 572 g/mol. The van der Waals surface area contributed by atoms with Crippen molar-refractivity contribution in [2.24, 2.45) is 21.3 Å². The van der Waals surface area contributed by atoms with Gasteiger partial charge in [-0.2, -0.15) is 0 Å². The van der Waals surface area contributed by atoms with Gasteiger partial charge in [0.25, 0.3) is 11.8 Å². The van der Waals surface area contributed by atoms with Crippen LogP contribution in [0.2, 0.25) is 0 Å². The maximum atomic E-state index is 14.2. The lowest BCUT2D eigenvalue weighted by Crippen LogP contribution is -2.50. The second-order valence-corrected chi connectivity index (χ2v) is 12.3. The van der Waals surface area contributed by atoms with Gasteiger partial charge in [-0.1, -0.05) is 45.0 Å². The Balaban J connectivity index is 1.63. The molecule has 9 nitrogen and oxygen atoms in total. The Morgan fingerprint density at radius 3 is 2.50 bits per heavy atom. The van der Waals surface area contributed by atoms with Gasteiger partial charge in [-0.25, -0.2) is 0 Å². The summed E-state index contributed by atoms with van der Waals surface area (Å²) in [6.07, 6.45) is 6.75. The van der Waals surface area contributed by atoms with Gasteiger partial charge in [0, 0.05) is 36.5 Å². The minimum atomic E-state index is -0.968. The normalized spacial score (nSPS) is 21.4. The quantitative estimate of drug-likeness (QED) is 0.303. The molecule has 222 valence electrons. The first-order chi connectivity index (χ1) is 19.9. The molecule has 1 aliphatic carbocycles. The Morgan fingerprint density at radius 1 is 1.19 bits per heavy atom. The fourth-order valence-corrected chi connectivity index (χ4v) is 6.03. The summed E-state index contributed by atoms with van der Waals surface area (Å²) in [6, 6.07) is 14.4. The number of aliphatic carboxylic acids is 1. The molecule has 1 aliphatic heterocycles. The summed E-state index contributed by atoms with van der Waals surface area (Å²) < 4.78 is 0. The number of carboxylic acids is 1. The number of rotatable bonds is 10. The van der Waals surface area contributed by atoms with E-state index < -0.39 is 11.6 Å². The molecule has 1 atom stereocenters. The predicted octanol–water partition coefficient (Wildman–Crippen LogP) is 5.96. The van der Waals surface area contributed by atoms with E-state index in [1.54, 1.807) is 18.3 Å². The molecule has 4 rings (SSSR count). The number of aliphatic imine (C=N–C) groups is 2.